The molecule has 0 unspecified atom stereocenters. The van der Waals surface area contributed by atoms with Crippen molar-refractivity contribution in [3.63, 3.8) is 0 Å². The lowest BCUT2D eigenvalue weighted by atomic mass is 10.4. The second-order valence-electron chi connectivity index (χ2n) is 3.61. The van der Waals surface area contributed by atoms with Crippen molar-refractivity contribution in [1.29, 1.82) is 0 Å². The van der Waals surface area contributed by atoms with E-state index in [4.69, 9.17) is 10.2 Å². The molecule has 0 aliphatic rings. The lowest BCUT2D eigenvalue weighted by Gasteiger charge is -2.02. The largest absolute Gasteiger partial charge is 0.447 e. The number of rotatable bonds is 5. The Morgan fingerprint density at radius 2 is 2.28 bits per heavy atom. The lowest BCUT2D eigenvalue weighted by Crippen LogP contribution is -2.22. The van der Waals surface area contributed by atoms with E-state index in [0.29, 0.717) is 5.76 Å². The Labute approximate surface area is 109 Å². The van der Waals surface area contributed by atoms with Crippen molar-refractivity contribution >= 4 is 21.4 Å². The van der Waals surface area contributed by atoms with Gasteiger partial charge in [0.05, 0.1) is 17.7 Å². The van der Waals surface area contributed by atoms with Crippen molar-refractivity contribution < 1.29 is 12.8 Å². The number of furan rings is 1. The van der Waals surface area contributed by atoms with Gasteiger partial charge in [0.1, 0.15) is 5.76 Å². The fourth-order valence-electron chi connectivity index (χ4n) is 1.34. The zero-order valence-corrected chi connectivity index (χ0v) is 11.3. The number of hydrogen-bond acceptors (Lipinski definition) is 6. The Hall–Kier alpha value is -1.22. The first-order valence-electron chi connectivity index (χ1n) is 5.20. The molecule has 0 aromatic carbocycles. The summed E-state index contributed by atoms with van der Waals surface area (Å²) < 4.78 is 31.4. The summed E-state index contributed by atoms with van der Waals surface area (Å²) in [5.74, 6) is 0.435. The van der Waals surface area contributed by atoms with Crippen molar-refractivity contribution in [2.24, 2.45) is 5.73 Å². The first kappa shape index (κ1) is 13.2. The molecule has 0 aliphatic carbocycles. The van der Waals surface area contributed by atoms with Crippen molar-refractivity contribution in [2.45, 2.75) is 25.1 Å². The van der Waals surface area contributed by atoms with Gasteiger partial charge in [-0.05, 0) is 19.1 Å². The van der Waals surface area contributed by atoms with E-state index in [1.165, 1.54) is 17.4 Å². The highest BCUT2D eigenvalue weighted by atomic mass is 32.2. The van der Waals surface area contributed by atoms with E-state index in [0.717, 1.165) is 10.6 Å². The SMILES string of the molecule is Cc1ncsc1CNS(=O)(=O)c1ccc(CN)o1. The zero-order chi connectivity index (χ0) is 13.2. The summed E-state index contributed by atoms with van der Waals surface area (Å²) >= 11 is 1.41. The number of aryl methyl sites for hydroxylation is 1. The minimum Gasteiger partial charge on any atom is -0.447 e. The summed E-state index contributed by atoms with van der Waals surface area (Å²) in [4.78, 5) is 4.93. The summed E-state index contributed by atoms with van der Waals surface area (Å²) in [5.41, 5.74) is 7.86. The number of thiazole rings is 1. The summed E-state index contributed by atoms with van der Waals surface area (Å²) in [6.45, 7) is 2.21. The van der Waals surface area contributed by atoms with Crippen LogP contribution >= 0.6 is 11.3 Å². The van der Waals surface area contributed by atoms with Gasteiger partial charge in [-0.25, -0.2) is 18.1 Å². The van der Waals surface area contributed by atoms with E-state index in [9.17, 15) is 8.42 Å². The third-order valence-electron chi connectivity index (χ3n) is 2.37. The maximum absolute atomic E-state index is 11.9. The third-order valence-corrected chi connectivity index (χ3v) is 4.58. The van der Waals surface area contributed by atoms with Crippen LogP contribution in [0.15, 0.2) is 27.2 Å². The average Bonchev–Trinajstić information content (AvgIpc) is 2.95. The van der Waals surface area contributed by atoms with Crippen LogP contribution in [0.5, 0.6) is 0 Å². The van der Waals surface area contributed by atoms with Gasteiger partial charge in [-0.3, -0.25) is 0 Å². The molecular weight excluding hydrogens is 274 g/mol. The maximum atomic E-state index is 11.9. The predicted octanol–water partition coefficient (Wildman–Crippen LogP) is 0.982. The summed E-state index contributed by atoms with van der Waals surface area (Å²) in [6.07, 6.45) is 0. The van der Waals surface area contributed by atoms with Gasteiger partial charge < -0.3 is 10.2 Å². The molecule has 2 aromatic heterocycles. The van der Waals surface area contributed by atoms with Gasteiger partial charge in [0.25, 0.3) is 10.0 Å². The highest BCUT2D eigenvalue weighted by molar-refractivity contribution is 7.89. The van der Waals surface area contributed by atoms with Crippen LogP contribution in [-0.4, -0.2) is 13.4 Å². The normalized spacial score (nSPS) is 11.9. The molecular formula is C10H13N3O3S2. The summed E-state index contributed by atoms with van der Waals surface area (Å²) in [5, 5.41) is -0.120. The van der Waals surface area contributed by atoms with Gasteiger partial charge >= 0.3 is 0 Å². The van der Waals surface area contributed by atoms with E-state index in [-0.39, 0.29) is 18.2 Å². The summed E-state index contributed by atoms with van der Waals surface area (Å²) in [6, 6.07) is 2.94. The monoisotopic (exact) mass is 287 g/mol. The molecule has 0 saturated carbocycles. The molecule has 0 spiro atoms. The lowest BCUT2D eigenvalue weighted by molar-refractivity contribution is 0.413. The smallest absolute Gasteiger partial charge is 0.274 e. The first-order valence-corrected chi connectivity index (χ1v) is 7.56. The topological polar surface area (TPSA) is 98.2 Å². The van der Waals surface area contributed by atoms with Crippen LogP contribution in [0.25, 0.3) is 0 Å². The van der Waals surface area contributed by atoms with Gasteiger partial charge in [-0.2, -0.15) is 0 Å². The molecule has 2 rings (SSSR count). The number of nitrogens with two attached hydrogens (primary N) is 1. The number of nitrogens with one attached hydrogen (secondary N) is 1. The van der Waals surface area contributed by atoms with Gasteiger partial charge in [0.15, 0.2) is 0 Å². The maximum Gasteiger partial charge on any atom is 0.274 e. The van der Waals surface area contributed by atoms with Crippen LogP contribution in [0, 0.1) is 6.92 Å². The number of aromatic nitrogens is 1. The second kappa shape index (κ2) is 5.19. The summed E-state index contributed by atoms with van der Waals surface area (Å²) in [7, 11) is -3.64. The highest BCUT2D eigenvalue weighted by Crippen LogP contribution is 2.16. The van der Waals surface area contributed by atoms with Crippen LogP contribution < -0.4 is 10.5 Å². The molecule has 0 aliphatic heterocycles. The molecule has 2 aromatic rings. The van der Waals surface area contributed by atoms with Crippen LogP contribution in [0.2, 0.25) is 0 Å². The zero-order valence-electron chi connectivity index (χ0n) is 9.71. The fraction of sp³-hybridized carbons (Fsp3) is 0.300. The van der Waals surface area contributed by atoms with E-state index >= 15 is 0 Å². The Morgan fingerprint density at radius 3 is 2.83 bits per heavy atom. The quantitative estimate of drug-likeness (QED) is 0.854. The number of hydrogen-bond donors (Lipinski definition) is 2. The Bertz CT molecular complexity index is 630. The van der Waals surface area contributed by atoms with Crippen LogP contribution in [0.1, 0.15) is 16.3 Å². The van der Waals surface area contributed by atoms with E-state index in [2.05, 4.69) is 9.71 Å². The highest BCUT2D eigenvalue weighted by Gasteiger charge is 2.18. The van der Waals surface area contributed by atoms with Gasteiger partial charge in [-0.1, -0.05) is 0 Å². The Balaban J connectivity index is 2.10. The van der Waals surface area contributed by atoms with Gasteiger partial charge in [-0.15, -0.1) is 11.3 Å². The van der Waals surface area contributed by atoms with E-state index in [1.54, 1.807) is 11.6 Å². The predicted molar refractivity (Wildman–Crippen MR) is 67.5 cm³/mol. The molecule has 2 heterocycles. The van der Waals surface area contributed by atoms with Crippen molar-refractivity contribution in [3.05, 3.63) is 34.0 Å². The van der Waals surface area contributed by atoms with Gasteiger partial charge in [0, 0.05) is 11.4 Å². The molecule has 8 heteroatoms. The third kappa shape index (κ3) is 2.78. The van der Waals surface area contributed by atoms with Crippen molar-refractivity contribution in [2.75, 3.05) is 0 Å². The van der Waals surface area contributed by atoms with Crippen LogP contribution in [-0.2, 0) is 23.1 Å². The number of sulfonamides is 1. The molecule has 0 atom stereocenters. The molecule has 0 bridgehead atoms. The number of nitrogens with zero attached hydrogens (tertiary/aromatic N) is 1. The van der Waals surface area contributed by atoms with Gasteiger partial charge in [0.2, 0.25) is 5.09 Å². The van der Waals surface area contributed by atoms with Crippen molar-refractivity contribution in [1.82, 2.24) is 9.71 Å². The molecule has 0 saturated heterocycles. The standard InChI is InChI=1S/C10H13N3O3S2/c1-7-9(17-6-12-7)5-13-18(14,15)10-3-2-8(4-11)16-10/h2-3,6,13H,4-5,11H2,1H3. The molecule has 98 valence electrons. The minimum atomic E-state index is -3.64. The molecule has 0 fully saturated rings. The van der Waals surface area contributed by atoms with Crippen molar-refractivity contribution in [3.8, 4) is 0 Å². The fourth-order valence-corrected chi connectivity index (χ4v) is 3.09. The Morgan fingerprint density at radius 1 is 1.50 bits per heavy atom. The first-order chi connectivity index (χ1) is 8.53. The molecule has 0 radical (unpaired) electrons. The second-order valence-corrected chi connectivity index (χ2v) is 6.25. The van der Waals surface area contributed by atoms with E-state index < -0.39 is 10.0 Å². The average molecular weight is 287 g/mol. The van der Waals surface area contributed by atoms with Crippen LogP contribution in [0.3, 0.4) is 0 Å². The molecule has 6 nitrogen and oxygen atoms in total. The molecule has 0 amide bonds. The van der Waals surface area contributed by atoms with E-state index in [1.807, 2.05) is 6.92 Å². The minimum absolute atomic E-state index is 0.120. The molecule has 3 N–H and O–H groups in total. The molecule has 18 heavy (non-hydrogen) atoms. The van der Waals surface area contributed by atoms with Crippen LogP contribution in [0.4, 0.5) is 0 Å². The Kier molecular flexibility index (Phi) is 3.81.